The van der Waals surface area contributed by atoms with Crippen LogP contribution in [0.3, 0.4) is 0 Å². The van der Waals surface area contributed by atoms with E-state index in [0.717, 1.165) is 23.9 Å². The summed E-state index contributed by atoms with van der Waals surface area (Å²) in [4.78, 5) is 20.5. The predicted molar refractivity (Wildman–Crippen MR) is 105 cm³/mol. The second kappa shape index (κ2) is 8.82. The number of carbonyl (C=O) groups is 1. The van der Waals surface area contributed by atoms with Crippen LogP contribution in [0.2, 0.25) is 0 Å². The highest BCUT2D eigenvalue weighted by Crippen LogP contribution is 2.24. The van der Waals surface area contributed by atoms with Gasteiger partial charge in [-0.05, 0) is 24.3 Å². The van der Waals surface area contributed by atoms with E-state index in [2.05, 4.69) is 25.5 Å². The van der Waals surface area contributed by atoms with Crippen LogP contribution in [0.1, 0.15) is 5.76 Å². The van der Waals surface area contributed by atoms with Gasteiger partial charge in [-0.3, -0.25) is 14.3 Å². The van der Waals surface area contributed by atoms with Gasteiger partial charge in [-0.1, -0.05) is 11.8 Å². The van der Waals surface area contributed by atoms with Gasteiger partial charge in [0, 0.05) is 24.1 Å². The zero-order valence-electron chi connectivity index (χ0n) is 15.3. The lowest BCUT2D eigenvalue weighted by atomic mass is 10.3. The molecule has 0 spiro atoms. The molecule has 0 aliphatic heterocycles. The molecule has 30 heavy (non-hydrogen) atoms. The molecule has 4 aromatic rings. The first-order valence-electron chi connectivity index (χ1n) is 8.70. The molecule has 0 saturated carbocycles. The van der Waals surface area contributed by atoms with Crippen LogP contribution in [0, 0.1) is 11.6 Å². The summed E-state index contributed by atoms with van der Waals surface area (Å²) < 4.78 is 33.5. The number of hydrogen-bond acceptors (Lipinski definition) is 7. The Kier molecular flexibility index (Phi) is 5.80. The number of amides is 1. The van der Waals surface area contributed by atoms with Gasteiger partial charge in [-0.25, -0.2) is 13.8 Å². The molecule has 3 aromatic heterocycles. The highest BCUT2D eigenvalue weighted by atomic mass is 32.2. The van der Waals surface area contributed by atoms with E-state index in [9.17, 15) is 13.6 Å². The molecule has 0 atom stereocenters. The molecule has 8 nitrogen and oxygen atoms in total. The van der Waals surface area contributed by atoms with E-state index < -0.39 is 17.5 Å². The maximum Gasteiger partial charge on any atom is 0.234 e. The number of anilines is 1. The van der Waals surface area contributed by atoms with Crippen LogP contribution >= 0.6 is 11.8 Å². The molecule has 1 N–H and O–H groups in total. The Balaban J connectivity index is 1.51. The van der Waals surface area contributed by atoms with E-state index in [4.69, 9.17) is 4.42 Å². The first-order valence-corrected chi connectivity index (χ1v) is 9.68. The van der Waals surface area contributed by atoms with Gasteiger partial charge in [0.25, 0.3) is 0 Å². The molecule has 4 rings (SSSR count). The van der Waals surface area contributed by atoms with Crippen molar-refractivity contribution >= 4 is 23.4 Å². The first kappa shape index (κ1) is 19.7. The van der Waals surface area contributed by atoms with Crippen LogP contribution in [-0.2, 0) is 11.3 Å². The third-order valence-corrected chi connectivity index (χ3v) is 4.91. The van der Waals surface area contributed by atoms with Crippen molar-refractivity contribution in [2.75, 3.05) is 11.1 Å². The molecule has 1 amide bonds. The molecule has 0 radical (unpaired) electrons. The average molecular weight is 428 g/mol. The molecule has 0 aliphatic rings. The van der Waals surface area contributed by atoms with Crippen molar-refractivity contribution in [3.05, 3.63) is 72.6 Å². The fraction of sp³-hybridized carbons (Fsp3) is 0.105. The van der Waals surface area contributed by atoms with Crippen molar-refractivity contribution in [1.29, 1.82) is 0 Å². The van der Waals surface area contributed by atoms with E-state index in [1.54, 1.807) is 35.5 Å². The van der Waals surface area contributed by atoms with Crippen molar-refractivity contribution < 1.29 is 18.0 Å². The molecule has 0 fully saturated rings. The molecule has 0 saturated heterocycles. The third-order valence-electron chi connectivity index (χ3n) is 3.94. The largest absolute Gasteiger partial charge is 0.467 e. The van der Waals surface area contributed by atoms with Gasteiger partial charge in [0.2, 0.25) is 5.91 Å². The zero-order chi connectivity index (χ0) is 20.9. The summed E-state index contributed by atoms with van der Waals surface area (Å²) in [5, 5.41) is 11.3. The predicted octanol–water partition coefficient (Wildman–Crippen LogP) is 3.39. The Morgan fingerprint density at radius 3 is 2.80 bits per heavy atom. The highest BCUT2D eigenvalue weighted by molar-refractivity contribution is 7.99. The SMILES string of the molecule is O=C(CSc1nnc(-c2cnccn2)n1Cc1ccco1)Nc1ccc(F)c(F)c1. The molecule has 0 aliphatic carbocycles. The number of halogens is 2. The van der Waals surface area contributed by atoms with Gasteiger partial charge < -0.3 is 9.73 Å². The minimum atomic E-state index is -1.03. The fourth-order valence-electron chi connectivity index (χ4n) is 2.60. The second-order valence-electron chi connectivity index (χ2n) is 6.03. The smallest absolute Gasteiger partial charge is 0.234 e. The molecule has 3 heterocycles. The minimum Gasteiger partial charge on any atom is -0.467 e. The molecule has 152 valence electrons. The Morgan fingerprint density at radius 1 is 1.17 bits per heavy atom. The summed E-state index contributed by atoms with van der Waals surface area (Å²) in [6.45, 7) is 0.332. The maximum atomic E-state index is 13.3. The Bertz CT molecular complexity index is 1150. The van der Waals surface area contributed by atoms with Crippen molar-refractivity contribution in [2.45, 2.75) is 11.7 Å². The Hall–Kier alpha value is -3.60. The number of furan rings is 1. The number of hydrogen-bond donors (Lipinski definition) is 1. The zero-order valence-corrected chi connectivity index (χ0v) is 16.1. The Morgan fingerprint density at radius 2 is 2.07 bits per heavy atom. The monoisotopic (exact) mass is 428 g/mol. The van der Waals surface area contributed by atoms with Crippen LogP contribution in [0.5, 0.6) is 0 Å². The van der Waals surface area contributed by atoms with Gasteiger partial charge in [0.05, 0.1) is 24.8 Å². The molecular weight excluding hydrogens is 414 g/mol. The van der Waals surface area contributed by atoms with Crippen molar-refractivity contribution in [3.63, 3.8) is 0 Å². The van der Waals surface area contributed by atoms with E-state index >= 15 is 0 Å². The van der Waals surface area contributed by atoms with Gasteiger partial charge in [0.1, 0.15) is 11.5 Å². The Labute approximate surface area is 173 Å². The number of nitrogens with one attached hydrogen (secondary N) is 1. The number of aromatic nitrogens is 5. The molecular formula is C19H14F2N6O2S. The van der Waals surface area contributed by atoms with E-state index in [1.165, 1.54) is 6.07 Å². The van der Waals surface area contributed by atoms with Gasteiger partial charge in [-0.15, -0.1) is 10.2 Å². The van der Waals surface area contributed by atoms with Crippen molar-refractivity contribution in [2.24, 2.45) is 0 Å². The fourth-order valence-corrected chi connectivity index (χ4v) is 3.34. The van der Waals surface area contributed by atoms with Crippen molar-refractivity contribution in [3.8, 4) is 11.5 Å². The van der Waals surface area contributed by atoms with Crippen LogP contribution < -0.4 is 5.32 Å². The maximum absolute atomic E-state index is 13.3. The first-order chi connectivity index (χ1) is 14.6. The number of benzene rings is 1. The quantitative estimate of drug-likeness (QED) is 0.451. The van der Waals surface area contributed by atoms with Gasteiger partial charge in [0.15, 0.2) is 22.6 Å². The van der Waals surface area contributed by atoms with E-state index in [1.807, 2.05) is 6.07 Å². The molecule has 11 heteroatoms. The second-order valence-corrected chi connectivity index (χ2v) is 6.97. The average Bonchev–Trinajstić information content (AvgIpc) is 3.40. The van der Waals surface area contributed by atoms with Crippen LogP contribution in [0.4, 0.5) is 14.5 Å². The van der Waals surface area contributed by atoms with Gasteiger partial charge in [-0.2, -0.15) is 0 Å². The lowest BCUT2D eigenvalue weighted by molar-refractivity contribution is -0.113. The summed E-state index contributed by atoms with van der Waals surface area (Å²) in [6, 6.07) is 6.73. The van der Waals surface area contributed by atoms with E-state index in [-0.39, 0.29) is 11.4 Å². The summed E-state index contributed by atoms with van der Waals surface area (Å²) >= 11 is 1.14. The molecule has 0 unspecified atom stereocenters. The third kappa shape index (κ3) is 4.51. The summed E-state index contributed by atoms with van der Waals surface area (Å²) in [7, 11) is 0. The molecule has 0 bridgehead atoms. The number of thioether (sulfide) groups is 1. The standard InChI is InChI=1S/C19H14F2N6O2S/c20-14-4-3-12(8-15(14)21)24-17(28)11-30-19-26-25-18(16-9-22-5-6-23-16)27(19)10-13-2-1-7-29-13/h1-9H,10-11H2,(H,24,28). The summed E-state index contributed by atoms with van der Waals surface area (Å²) in [5.41, 5.74) is 0.687. The number of nitrogens with zero attached hydrogens (tertiary/aromatic N) is 5. The minimum absolute atomic E-state index is 0.0181. The van der Waals surface area contributed by atoms with Crippen LogP contribution in [-0.4, -0.2) is 36.4 Å². The summed E-state index contributed by atoms with van der Waals surface area (Å²) in [6.07, 6.45) is 6.22. The normalized spacial score (nSPS) is 10.9. The lowest BCUT2D eigenvalue weighted by Gasteiger charge is -2.09. The van der Waals surface area contributed by atoms with Crippen molar-refractivity contribution in [1.82, 2.24) is 24.7 Å². The van der Waals surface area contributed by atoms with E-state index in [0.29, 0.717) is 29.0 Å². The lowest BCUT2D eigenvalue weighted by Crippen LogP contribution is -2.15. The van der Waals surface area contributed by atoms with Crippen LogP contribution in [0.25, 0.3) is 11.5 Å². The summed E-state index contributed by atoms with van der Waals surface area (Å²) in [5.74, 6) is -1.29. The molecule has 1 aromatic carbocycles. The van der Waals surface area contributed by atoms with Gasteiger partial charge >= 0.3 is 0 Å². The van der Waals surface area contributed by atoms with Crippen LogP contribution in [0.15, 0.2) is 64.8 Å². The number of rotatable bonds is 7. The number of carbonyl (C=O) groups excluding carboxylic acids is 1. The topological polar surface area (TPSA) is 98.7 Å². The highest BCUT2D eigenvalue weighted by Gasteiger charge is 2.18.